The number of ether oxygens (including phenoxy) is 3. The van der Waals surface area contributed by atoms with Gasteiger partial charge >= 0.3 is 0 Å². The molecule has 8 nitrogen and oxygen atoms in total. The predicted molar refractivity (Wildman–Crippen MR) is 164 cm³/mol. The standard InChI is InChI=1S/C33H28N4O4S/c1-39-30-14-12-25(16-31(30)40-20-24-10-6-3-7-11-24)19-35-37-28(22-42-33(37)34-18-23-8-4-2-5-9-23)26-13-15-29-27(17-26)36-32(38)21-41-29/h2-17,19,22H,18,20-21H2,1H3,(H,36,38). The zero-order chi connectivity index (χ0) is 28.7. The van der Waals surface area contributed by atoms with E-state index < -0.39 is 0 Å². The lowest BCUT2D eigenvalue weighted by Gasteiger charge is -2.18. The second-order valence-corrected chi connectivity index (χ2v) is 10.3. The van der Waals surface area contributed by atoms with E-state index in [0.29, 0.717) is 36.1 Å². The molecule has 0 aliphatic carbocycles. The number of carbonyl (C=O) groups is 1. The summed E-state index contributed by atoms with van der Waals surface area (Å²) in [6.45, 7) is 0.948. The molecule has 1 amide bonds. The number of benzene rings is 4. The fraction of sp³-hybridized carbons (Fsp3) is 0.121. The van der Waals surface area contributed by atoms with Gasteiger partial charge in [-0.05, 0) is 53.1 Å². The second-order valence-electron chi connectivity index (χ2n) is 9.49. The maximum atomic E-state index is 11.9. The van der Waals surface area contributed by atoms with E-state index in [0.717, 1.165) is 32.7 Å². The molecular formula is C33H28N4O4S. The molecule has 42 heavy (non-hydrogen) atoms. The molecule has 4 aromatic carbocycles. The number of hydrogen-bond acceptors (Lipinski definition) is 7. The third-order valence-corrected chi connectivity index (χ3v) is 7.43. The van der Waals surface area contributed by atoms with Crippen LogP contribution in [0.5, 0.6) is 17.2 Å². The molecule has 0 saturated carbocycles. The monoisotopic (exact) mass is 576 g/mol. The van der Waals surface area contributed by atoms with E-state index >= 15 is 0 Å². The van der Waals surface area contributed by atoms with Crippen molar-refractivity contribution < 1.29 is 19.0 Å². The SMILES string of the molecule is COc1ccc(C=Nn2c(-c3ccc4c(c3)NC(=O)CO4)csc2=NCc2ccccc2)cc1OCc1ccccc1. The number of thiazole rings is 1. The molecule has 1 aromatic heterocycles. The number of anilines is 1. The average Bonchev–Trinajstić information content (AvgIpc) is 3.45. The quantitative estimate of drug-likeness (QED) is 0.214. The Morgan fingerprint density at radius 1 is 0.952 bits per heavy atom. The van der Waals surface area contributed by atoms with Crippen molar-refractivity contribution in [1.82, 2.24) is 4.68 Å². The molecule has 6 rings (SSSR count). The Morgan fingerprint density at radius 3 is 2.52 bits per heavy atom. The highest BCUT2D eigenvalue weighted by Gasteiger charge is 2.18. The van der Waals surface area contributed by atoms with Gasteiger partial charge in [-0.2, -0.15) is 5.10 Å². The van der Waals surface area contributed by atoms with Crippen LogP contribution in [0.2, 0.25) is 0 Å². The molecule has 1 aliphatic rings. The van der Waals surface area contributed by atoms with E-state index in [1.165, 1.54) is 11.3 Å². The molecule has 0 unspecified atom stereocenters. The number of nitrogens with one attached hydrogen (secondary N) is 1. The minimum Gasteiger partial charge on any atom is -0.493 e. The van der Waals surface area contributed by atoms with Crippen LogP contribution in [0.1, 0.15) is 16.7 Å². The van der Waals surface area contributed by atoms with Gasteiger partial charge in [0.25, 0.3) is 5.91 Å². The van der Waals surface area contributed by atoms with Crippen molar-refractivity contribution >= 4 is 29.1 Å². The summed E-state index contributed by atoms with van der Waals surface area (Å²) in [4.78, 5) is 17.5. The second kappa shape index (κ2) is 12.6. The lowest BCUT2D eigenvalue weighted by molar-refractivity contribution is -0.118. The zero-order valence-corrected chi connectivity index (χ0v) is 23.7. The van der Waals surface area contributed by atoms with Gasteiger partial charge in [-0.1, -0.05) is 60.7 Å². The van der Waals surface area contributed by atoms with Crippen LogP contribution in [0.4, 0.5) is 5.69 Å². The fourth-order valence-electron chi connectivity index (χ4n) is 4.45. The van der Waals surface area contributed by atoms with E-state index in [9.17, 15) is 4.79 Å². The van der Waals surface area contributed by atoms with Crippen LogP contribution in [0.25, 0.3) is 11.3 Å². The first-order chi connectivity index (χ1) is 20.7. The third kappa shape index (κ3) is 6.26. The first-order valence-corrected chi connectivity index (χ1v) is 14.3. The fourth-order valence-corrected chi connectivity index (χ4v) is 5.29. The van der Waals surface area contributed by atoms with Gasteiger partial charge in [-0.25, -0.2) is 4.68 Å². The first-order valence-electron chi connectivity index (χ1n) is 13.4. The molecule has 0 spiro atoms. The van der Waals surface area contributed by atoms with Gasteiger partial charge in [0, 0.05) is 10.9 Å². The topological polar surface area (TPSA) is 86.4 Å². The van der Waals surface area contributed by atoms with Crippen molar-refractivity contribution in [3.05, 3.63) is 124 Å². The number of amides is 1. The molecule has 9 heteroatoms. The van der Waals surface area contributed by atoms with E-state index in [2.05, 4.69) is 5.32 Å². The van der Waals surface area contributed by atoms with E-state index in [1.807, 2.05) is 107 Å². The van der Waals surface area contributed by atoms with Crippen molar-refractivity contribution in [3.8, 4) is 28.5 Å². The number of fused-ring (bicyclic) bond motifs is 1. The van der Waals surface area contributed by atoms with Gasteiger partial charge in [-0.3, -0.25) is 9.79 Å². The summed E-state index contributed by atoms with van der Waals surface area (Å²) in [7, 11) is 1.62. The molecule has 0 atom stereocenters. The molecule has 210 valence electrons. The Bertz CT molecular complexity index is 1800. The van der Waals surface area contributed by atoms with E-state index in [1.54, 1.807) is 13.3 Å². The largest absolute Gasteiger partial charge is 0.493 e. The summed E-state index contributed by atoms with van der Waals surface area (Å²) < 4.78 is 19.0. The number of nitrogens with zero attached hydrogens (tertiary/aromatic N) is 3. The van der Waals surface area contributed by atoms with E-state index in [-0.39, 0.29) is 12.5 Å². The molecule has 0 radical (unpaired) electrons. The molecule has 1 N–H and O–H groups in total. The molecule has 1 aliphatic heterocycles. The van der Waals surface area contributed by atoms with Crippen LogP contribution in [0.15, 0.2) is 113 Å². The van der Waals surface area contributed by atoms with Crippen molar-refractivity contribution in [2.45, 2.75) is 13.2 Å². The van der Waals surface area contributed by atoms with Gasteiger partial charge in [0.15, 0.2) is 18.1 Å². The van der Waals surface area contributed by atoms with Crippen LogP contribution in [-0.4, -0.2) is 30.5 Å². The van der Waals surface area contributed by atoms with Gasteiger partial charge in [0.2, 0.25) is 4.80 Å². The van der Waals surface area contributed by atoms with Crippen molar-refractivity contribution in [2.24, 2.45) is 10.1 Å². The van der Waals surface area contributed by atoms with Gasteiger partial charge in [-0.15, -0.1) is 11.3 Å². The Morgan fingerprint density at radius 2 is 1.74 bits per heavy atom. The number of rotatable bonds is 9. The zero-order valence-electron chi connectivity index (χ0n) is 22.9. The summed E-state index contributed by atoms with van der Waals surface area (Å²) in [5.41, 5.74) is 5.34. The van der Waals surface area contributed by atoms with Gasteiger partial charge in [0.05, 0.1) is 31.3 Å². The minimum absolute atomic E-state index is 0.0104. The Hall–Kier alpha value is -5.15. The average molecular weight is 577 g/mol. The Labute approximate surface area is 247 Å². The summed E-state index contributed by atoms with van der Waals surface area (Å²) in [6.07, 6.45) is 1.77. The first kappa shape index (κ1) is 27.0. The minimum atomic E-state index is -0.181. The van der Waals surface area contributed by atoms with Crippen LogP contribution < -0.4 is 24.3 Å². The number of methoxy groups -OCH3 is 1. The van der Waals surface area contributed by atoms with Gasteiger partial charge in [0.1, 0.15) is 12.4 Å². The number of aromatic nitrogens is 1. The summed E-state index contributed by atoms with van der Waals surface area (Å²) in [5.74, 6) is 1.72. The number of hydrogen-bond donors (Lipinski definition) is 1. The predicted octanol–water partition coefficient (Wildman–Crippen LogP) is 6.12. The lowest BCUT2D eigenvalue weighted by atomic mass is 10.1. The summed E-state index contributed by atoms with van der Waals surface area (Å²) in [6, 6.07) is 31.5. The maximum Gasteiger partial charge on any atom is 0.262 e. The smallest absolute Gasteiger partial charge is 0.262 e. The van der Waals surface area contributed by atoms with Crippen molar-refractivity contribution in [3.63, 3.8) is 0 Å². The van der Waals surface area contributed by atoms with Crippen LogP contribution in [0.3, 0.4) is 0 Å². The van der Waals surface area contributed by atoms with Gasteiger partial charge < -0.3 is 19.5 Å². The van der Waals surface area contributed by atoms with Crippen LogP contribution in [0, 0.1) is 0 Å². The van der Waals surface area contributed by atoms with E-state index in [4.69, 9.17) is 24.3 Å². The van der Waals surface area contributed by atoms with Crippen LogP contribution >= 0.6 is 11.3 Å². The Kier molecular flexibility index (Phi) is 8.09. The highest BCUT2D eigenvalue weighted by molar-refractivity contribution is 7.07. The Balaban J connectivity index is 1.35. The van der Waals surface area contributed by atoms with Crippen LogP contribution in [-0.2, 0) is 17.9 Å². The third-order valence-electron chi connectivity index (χ3n) is 6.58. The number of carbonyl (C=O) groups excluding carboxylic acids is 1. The molecule has 0 fully saturated rings. The lowest BCUT2D eigenvalue weighted by Crippen LogP contribution is -2.25. The maximum absolute atomic E-state index is 11.9. The summed E-state index contributed by atoms with van der Waals surface area (Å²) in [5, 5.41) is 9.76. The van der Waals surface area contributed by atoms with Crippen molar-refractivity contribution in [2.75, 3.05) is 19.0 Å². The normalized spacial score (nSPS) is 13.0. The molecule has 2 heterocycles. The summed E-state index contributed by atoms with van der Waals surface area (Å²) >= 11 is 1.50. The highest BCUT2D eigenvalue weighted by atomic mass is 32.1. The molecule has 0 bridgehead atoms. The molecular weight excluding hydrogens is 548 g/mol. The highest BCUT2D eigenvalue weighted by Crippen LogP contribution is 2.33. The molecule has 0 saturated heterocycles. The molecule has 5 aromatic rings. The van der Waals surface area contributed by atoms with Crippen molar-refractivity contribution in [1.29, 1.82) is 0 Å².